The van der Waals surface area contributed by atoms with Crippen LogP contribution in [-0.4, -0.2) is 46.5 Å². The van der Waals surface area contributed by atoms with Gasteiger partial charge in [-0.15, -0.1) is 0 Å². The smallest absolute Gasteiger partial charge is 0.294 e. The Morgan fingerprint density at radius 1 is 1.06 bits per heavy atom. The van der Waals surface area contributed by atoms with Crippen molar-refractivity contribution in [3.63, 3.8) is 0 Å². The molecule has 0 spiro atoms. The molecular formula is C23H21FN2O4S. The number of hydrogen-bond donors (Lipinski definition) is 0. The Bertz CT molecular complexity index is 1050. The lowest BCUT2D eigenvalue weighted by molar-refractivity contribution is -0.135. The minimum Gasteiger partial charge on any atom is -0.488 e. The number of rotatable bonds is 6. The number of hydrogen-bond acceptors (Lipinski definition) is 5. The molecule has 4 rings (SSSR count). The van der Waals surface area contributed by atoms with Gasteiger partial charge in [0.05, 0.1) is 4.91 Å². The summed E-state index contributed by atoms with van der Waals surface area (Å²) in [4.78, 5) is 40.4. The minimum atomic E-state index is -0.494. The van der Waals surface area contributed by atoms with Crippen LogP contribution in [0.2, 0.25) is 0 Å². The summed E-state index contributed by atoms with van der Waals surface area (Å²) in [7, 11) is 0. The predicted molar refractivity (Wildman–Crippen MR) is 116 cm³/mol. The Kier molecular flexibility index (Phi) is 6.36. The molecule has 2 aliphatic rings. The van der Waals surface area contributed by atoms with Crippen molar-refractivity contribution in [2.45, 2.75) is 19.4 Å². The molecule has 0 aliphatic carbocycles. The van der Waals surface area contributed by atoms with Crippen molar-refractivity contribution in [2.75, 3.05) is 19.6 Å². The molecule has 2 fully saturated rings. The highest BCUT2D eigenvalue weighted by molar-refractivity contribution is 8.18. The molecule has 0 aromatic heterocycles. The summed E-state index contributed by atoms with van der Waals surface area (Å²) in [5.74, 6) is -0.601. The maximum atomic E-state index is 13.9. The average Bonchev–Trinajstić information content (AvgIpc) is 3.39. The van der Waals surface area contributed by atoms with E-state index in [0.29, 0.717) is 30.0 Å². The topological polar surface area (TPSA) is 66.9 Å². The molecule has 0 unspecified atom stereocenters. The van der Waals surface area contributed by atoms with E-state index in [0.717, 1.165) is 29.5 Å². The van der Waals surface area contributed by atoms with Crippen molar-refractivity contribution in [1.29, 1.82) is 0 Å². The van der Waals surface area contributed by atoms with E-state index in [4.69, 9.17) is 4.74 Å². The SMILES string of the molecule is O=C(CN1C(=O)S/C(=C/c2ccccc2OCc2ccccc2F)C1=O)N1CCCC1. The molecule has 31 heavy (non-hydrogen) atoms. The van der Waals surface area contributed by atoms with Crippen LogP contribution in [0, 0.1) is 5.82 Å². The summed E-state index contributed by atoms with van der Waals surface area (Å²) in [5.41, 5.74) is 1.01. The number of nitrogens with zero attached hydrogens (tertiary/aromatic N) is 2. The third-order valence-electron chi connectivity index (χ3n) is 5.17. The van der Waals surface area contributed by atoms with Crippen molar-refractivity contribution < 1.29 is 23.5 Å². The van der Waals surface area contributed by atoms with Crippen LogP contribution in [0.4, 0.5) is 9.18 Å². The second-order valence-corrected chi connectivity index (χ2v) is 8.27. The molecule has 160 valence electrons. The highest BCUT2D eigenvalue weighted by Gasteiger charge is 2.37. The normalized spacial score (nSPS) is 17.6. The lowest BCUT2D eigenvalue weighted by Crippen LogP contribution is -2.40. The maximum absolute atomic E-state index is 13.9. The zero-order valence-corrected chi connectivity index (χ0v) is 17.6. The first-order valence-electron chi connectivity index (χ1n) is 10.0. The molecule has 3 amide bonds. The second-order valence-electron chi connectivity index (χ2n) is 7.27. The lowest BCUT2D eigenvalue weighted by Gasteiger charge is -2.18. The first-order valence-corrected chi connectivity index (χ1v) is 10.8. The molecule has 0 atom stereocenters. The molecule has 2 saturated heterocycles. The molecule has 8 heteroatoms. The Labute approximate surface area is 183 Å². The van der Waals surface area contributed by atoms with Gasteiger partial charge in [0.2, 0.25) is 5.91 Å². The van der Waals surface area contributed by atoms with Gasteiger partial charge in [0.15, 0.2) is 0 Å². The van der Waals surface area contributed by atoms with Crippen LogP contribution in [0.3, 0.4) is 0 Å². The van der Waals surface area contributed by atoms with E-state index < -0.39 is 11.1 Å². The molecule has 6 nitrogen and oxygen atoms in total. The fraction of sp³-hybridized carbons (Fsp3) is 0.261. The number of imide groups is 1. The highest BCUT2D eigenvalue weighted by Crippen LogP contribution is 2.34. The summed E-state index contributed by atoms with van der Waals surface area (Å²) < 4.78 is 19.6. The molecular weight excluding hydrogens is 419 g/mol. The monoisotopic (exact) mass is 440 g/mol. The summed E-state index contributed by atoms with van der Waals surface area (Å²) in [6, 6.07) is 13.4. The largest absolute Gasteiger partial charge is 0.488 e. The van der Waals surface area contributed by atoms with Gasteiger partial charge < -0.3 is 9.64 Å². The van der Waals surface area contributed by atoms with E-state index >= 15 is 0 Å². The van der Waals surface area contributed by atoms with E-state index in [1.165, 1.54) is 6.07 Å². The van der Waals surface area contributed by atoms with Crippen LogP contribution in [0.15, 0.2) is 53.4 Å². The summed E-state index contributed by atoms with van der Waals surface area (Å²) in [6.45, 7) is 1.12. The average molecular weight is 440 g/mol. The van der Waals surface area contributed by atoms with Crippen molar-refractivity contribution >= 4 is 34.9 Å². The molecule has 0 bridgehead atoms. The van der Waals surface area contributed by atoms with Gasteiger partial charge in [0.25, 0.3) is 11.1 Å². The molecule has 2 aromatic carbocycles. The number of halogens is 1. The third kappa shape index (κ3) is 4.80. The number of ether oxygens (including phenoxy) is 1. The van der Waals surface area contributed by atoms with Crippen LogP contribution in [0.25, 0.3) is 6.08 Å². The van der Waals surface area contributed by atoms with E-state index in [9.17, 15) is 18.8 Å². The number of benzene rings is 2. The van der Waals surface area contributed by atoms with Crippen LogP contribution < -0.4 is 4.74 Å². The van der Waals surface area contributed by atoms with Crippen molar-refractivity contribution in [3.8, 4) is 5.75 Å². The Morgan fingerprint density at radius 3 is 2.55 bits per heavy atom. The zero-order chi connectivity index (χ0) is 21.8. The zero-order valence-electron chi connectivity index (χ0n) is 16.8. The van der Waals surface area contributed by atoms with Gasteiger partial charge in [0, 0.05) is 24.2 Å². The summed E-state index contributed by atoms with van der Waals surface area (Å²) >= 11 is 0.799. The van der Waals surface area contributed by atoms with Gasteiger partial charge in [-0.25, -0.2) is 4.39 Å². The molecule has 0 N–H and O–H groups in total. The number of thioether (sulfide) groups is 1. The van der Waals surface area contributed by atoms with Crippen LogP contribution in [-0.2, 0) is 16.2 Å². The first-order chi connectivity index (χ1) is 15.0. The summed E-state index contributed by atoms with van der Waals surface area (Å²) in [6.07, 6.45) is 3.45. The fourth-order valence-electron chi connectivity index (χ4n) is 3.48. The quantitative estimate of drug-likeness (QED) is 0.634. The van der Waals surface area contributed by atoms with Crippen LogP contribution >= 0.6 is 11.8 Å². The number of likely N-dealkylation sites (tertiary alicyclic amines) is 1. The van der Waals surface area contributed by atoms with Gasteiger partial charge in [-0.3, -0.25) is 19.3 Å². The maximum Gasteiger partial charge on any atom is 0.294 e. The number of amides is 3. The van der Waals surface area contributed by atoms with E-state index in [2.05, 4.69) is 0 Å². The van der Waals surface area contributed by atoms with Crippen molar-refractivity contribution in [1.82, 2.24) is 9.80 Å². The standard InChI is InChI=1S/C23H21FN2O4S/c24-18-9-3-1-8-17(18)15-30-19-10-4-2-7-16(19)13-20-22(28)26(23(29)31-20)14-21(27)25-11-5-6-12-25/h1-4,7-10,13H,5-6,11-12,14-15H2/b20-13+. The van der Waals surface area contributed by atoms with Crippen LogP contribution in [0.5, 0.6) is 5.75 Å². The number of para-hydroxylation sites is 1. The van der Waals surface area contributed by atoms with Crippen molar-refractivity contribution in [2.24, 2.45) is 0 Å². The molecule has 2 aromatic rings. The van der Waals surface area contributed by atoms with Crippen LogP contribution in [0.1, 0.15) is 24.0 Å². The van der Waals surface area contributed by atoms with Gasteiger partial charge >= 0.3 is 0 Å². The number of carbonyl (C=O) groups excluding carboxylic acids is 3. The van der Waals surface area contributed by atoms with E-state index in [1.807, 2.05) is 0 Å². The molecule has 0 saturated carbocycles. The first kappa shape index (κ1) is 21.1. The number of carbonyl (C=O) groups is 3. The molecule has 0 radical (unpaired) electrons. The van der Waals surface area contributed by atoms with Gasteiger partial charge in [-0.1, -0.05) is 36.4 Å². The third-order valence-corrected chi connectivity index (χ3v) is 6.08. The van der Waals surface area contributed by atoms with E-state index in [-0.39, 0.29) is 29.8 Å². The summed E-state index contributed by atoms with van der Waals surface area (Å²) in [5, 5.41) is -0.464. The minimum absolute atomic E-state index is 0.0311. The van der Waals surface area contributed by atoms with Gasteiger partial charge in [-0.2, -0.15) is 0 Å². The highest BCUT2D eigenvalue weighted by atomic mass is 32.2. The Morgan fingerprint density at radius 2 is 1.77 bits per heavy atom. The van der Waals surface area contributed by atoms with Crippen molar-refractivity contribution in [3.05, 3.63) is 70.4 Å². The lowest BCUT2D eigenvalue weighted by atomic mass is 10.1. The molecule has 2 aliphatic heterocycles. The van der Waals surface area contributed by atoms with Gasteiger partial charge in [-0.05, 0) is 42.8 Å². The fourth-order valence-corrected chi connectivity index (χ4v) is 4.31. The Balaban J connectivity index is 1.48. The predicted octanol–water partition coefficient (Wildman–Crippen LogP) is 4.06. The Hall–Kier alpha value is -3.13. The molecule has 2 heterocycles. The van der Waals surface area contributed by atoms with Gasteiger partial charge in [0.1, 0.15) is 24.7 Å². The second kappa shape index (κ2) is 9.34. The van der Waals surface area contributed by atoms with E-state index in [1.54, 1.807) is 53.4 Å².